The Kier molecular flexibility index (Phi) is 5.98. The molecule has 0 nitrogen and oxygen atoms in total. The predicted octanol–water partition coefficient (Wildman–Crippen LogP) is 5.67. The number of hydrogen-bond acceptors (Lipinski definition) is 1. The maximum absolute atomic E-state index is 2.25. The van der Waals surface area contributed by atoms with Gasteiger partial charge in [0.15, 0.2) is 0 Å². The first kappa shape index (κ1) is 13.0. The number of rotatable bonds is 2. The molecule has 0 spiro atoms. The lowest BCUT2D eigenvalue weighted by atomic mass is 10.0. The second kappa shape index (κ2) is 7.81. The molecule has 0 radical (unpaired) electrons. The van der Waals surface area contributed by atoms with Gasteiger partial charge in [0.05, 0.1) is 0 Å². The second-order valence-electron chi connectivity index (χ2n) is 5.11. The smallest absolute Gasteiger partial charge is 0.00944 e. The van der Waals surface area contributed by atoms with Crippen molar-refractivity contribution in [3.63, 3.8) is 0 Å². The van der Waals surface area contributed by atoms with E-state index >= 15 is 0 Å². The number of benzene rings is 1. The molecule has 0 aromatic heterocycles. The van der Waals surface area contributed by atoms with Crippen molar-refractivity contribution in [3.8, 4) is 0 Å². The van der Waals surface area contributed by atoms with Gasteiger partial charge in [-0.1, -0.05) is 63.1 Å². The van der Waals surface area contributed by atoms with Crippen LogP contribution in [0.1, 0.15) is 57.8 Å². The van der Waals surface area contributed by atoms with Gasteiger partial charge in [0.25, 0.3) is 0 Å². The van der Waals surface area contributed by atoms with Gasteiger partial charge in [0.1, 0.15) is 0 Å². The summed E-state index contributed by atoms with van der Waals surface area (Å²) in [5.41, 5.74) is 0. The van der Waals surface area contributed by atoms with Crippen LogP contribution in [0.15, 0.2) is 35.2 Å². The summed E-state index contributed by atoms with van der Waals surface area (Å²) in [5.74, 6) is 0. The summed E-state index contributed by atoms with van der Waals surface area (Å²) in [6, 6.07) is 10.9. The molecule has 1 aliphatic carbocycles. The Bertz CT molecular complexity index is 284. The lowest BCUT2D eigenvalue weighted by molar-refractivity contribution is 0.511. The maximum Gasteiger partial charge on any atom is 0.00944 e. The van der Waals surface area contributed by atoms with Crippen LogP contribution in [0.3, 0.4) is 0 Å². The van der Waals surface area contributed by atoms with Crippen molar-refractivity contribution in [2.45, 2.75) is 67.9 Å². The summed E-state index contributed by atoms with van der Waals surface area (Å²) in [6.07, 6.45) is 13.0. The molecule has 1 aromatic carbocycles. The molecule has 0 saturated heterocycles. The summed E-state index contributed by atoms with van der Waals surface area (Å²) >= 11 is 2.10. The second-order valence-corrected chi connectivity index (χ2v) is 6.48. The van der Waals surface area contributed by atoms with Crippen molar-refractivity contribution in [1.29, 1.82) is 0 Å². The third-order valence-electron chi connectivity index (χ3n) is 3.60. The molecule has 0 N–H and O–H groups in total. The summed E-state index contributed by atoms with van der Waals surface area (Å²) in [6.45, 7) is 0. The van der Waals surface area contributed by atoms with Gasteiger partial charge in [-0.25, -0.2) is 0 Å². The lowest BCUT2D eigenvalue weighted by Crippen LogP contribution is -2.04. The Morgan fingerprint density at radius 3 is 1.82 bits per heavy atom. The monoisotopic (exact) mass is 248 g/mol. The molecule has 1 aliphatic rings. The zero-order valence-corrected chi connectivity index (χ0v) is 11.6. The third-order valence-corrected chi connectivity index (χ3v) is 4.95. The number of hydrogen-bond donors (Lipinski definition) is 0. The van der Waals surface area contributed by atoms with Gasteiger partial charge in [-0.2, -0.15) is 0 Å². The summed E-state index contributed by atoms with van der Waals surface area (Å²) in [7, 11) is 0. The molecule has 0 heterocycles. The largest absolute Gasteiger partial charge is 0.123 e. The molecule has 94 valence electrons. The van der Waals surface area contributed by atoms with Crippen LogP contribution in [-0.2, 0) is 0 Å². The predicted molar refractivity (Wildman–Crippen MR) is 77.6 cm³/mol. The van der Waals surface area contributed by atoms with Crippen molar-refractivity contribution >= 4 is 11.8 Å². The highest BCUT2D eigenvalue weighted by molar-refractivity contribution is 8.00. The van der Waals surface area contributed by atoms with Gasteiger partial charge >= 0.3 is 0 Å². The highest BCUT2D eigenvalue weighted by Gasteiger charge is 2.11. The van der Waals surface area contributed by atoms with Crippen LogP contribution in [0.4, 0.5) is 0 Å². The first-order valence-electron chi connectivity index (χ1n) is 7.17. The van der Waals surface area contributed by atoms with E-state index in [4.69, 9.17) is 0 Å². The Balaban J connectivity index is 1.83. The van der Waals surface area contributed by atoms with Crippen LogP contribution in [0.5, 0.6) is 0 Å². The first-order valence-corrected chi connectivity index (χ1v) is 8.05. The van der Waals surface area contributed by atoms with Gasteiger partial charge in [-0.05, 0) is 25.0 Å². The van der Waals surface area contributed by atoms with E-state index in [1.807, 2.05) is 0 Å². The molecule has 1 saturated carbocycles. The van der Waals surface area contributed by atoms with E-state index in [9.17, 15) is 0 Å². The molecule has 0 aliphatic heterocycles. The minimum absolute atomic E-state index is 0.857. The van der Waals surface area contributed by atoms with Crippen molar-refractivity contribution < 1.29 is 0 Å². The quantitative estimate of drug-likeness (QED) is 0.649. The molecule has 17 heavy (non-hydrogen) atoms. The standard InChI is InChI=1S/C16H24S/c1-2-4-7-11-15(12-8-5-3-1)17-16-13-9-6-10-14-16/h6,9-10,13-15H,1-5,7-8,11-12H2. The zero-order chi connectivity index (χ0) is 11.8. The molecule has 1 heteroatoms. The molecular weight excluding hydrogens is 224 g/mol. The molecule has 0 atom stereocenters. The van der Waals surface area contributed by atoms with Gasteiger partial charge in [-0.15, -0.1) is 11.8 Å². The molecule has 1 aromatic rings. The molecule has 1 fully saturated rings. The van der Waals surface area contributed by atoms with E-state index in [1.165, 1.54) is 62.7 Å². The van der Waals surface area contributed by atoms with Crippen LogP contribution in [0.2, 0.25) is 0 Å². The zero-order valence-electron chi connectivity index (χ0n) is 10.7. The Labute approximate surface area is 110 Å². The molecule has 2 rings (SSSR count). The van der Waals surface area contributed by atoms with Gasteiger partial charge in [-0.3, -0.25) is 0 Å². The van der Waals surface area contributed by atoms with Gasteiger partial charge in [0, 0.05) is 10.1 Å². The topological polar surface area (TPSA) is 0 Å². The van der Waals surface area contributed by atoms with E-state index in [-0.39, 0.29) is 0 Å². The molecule has 0 amide bonds. The Hall–Kier alpha value is -0.430. The van der Waals surface area contributed by atoms with Crippen LogP contribution >= 0.6 is 11.8 Å². The normalized spacial score (nSPS) is 20.0. The van der Waals surface area contributed by atoms with E-state index in [2.05, 4.69) is 42.1 Å². The van der Waals surface area contributed by atoms with Crippen LogP contribution in [0.25, 0.3) is 0 Å². The van der Waals surface area contributed by atoms with Crippen molar-refractivity contribution in [2.75, 3.05) is 0 Å². The van der Waals surface area contributed by atoms with Crippen molar-refractivity contribution in [1.82, 2.24) is 0 Å². The minimum Gasteiger partial charge on any atom is -0.123 e. The lowest BCUT2D eigenvalue weighted by Gasteiger charge is -2.18. The first-order chi connectivity index (χ1) is 8.45. The minimum atomic E-state index is 0.857. The molecule has 0 unspecified atom stereocenters. The van der Waals surface area contributed by atoms with E-state index in [1.54, 1.807) is 0 Å². The van der Waals surface area contributed by atoms with E-state index < -0.39 is 0 Å². The fraction of sp³-hybridized carbons (Fsp3) is 0.625. The summed E-state index contributed by atoms with van der Waals surface area (Å²) in [5, 5.41) is 0.857. The third kappa shape index (κ3) is 5.16. The van der Waals surface area contributed by atoms with Gasteiger partial charge < -0.3 is 0 Å². The fourth-order valence-electron chi connectivity index (χ4n) is 2.58. The molecular formula is C16H24S. The number of thioether (sulfide) groups is 1. The van der Waals surface area contributed by atoms with E-state index in [0.717, 1.165) is 5.25 Å². The van der Waals surface area contributed by atoms with Gasteiger partial charge in [0.2, 0.25) is 0 Å². The Morgan fingerprint density at radius 1 is 0.706 bits per heavy atom. The van der Waals surface area contributed by atoms with Crippen LogP contribution in [0, 0.1) is 0 Å². The maximum atomic E-state index is 2.25. The van der Waals surface area contributed by atoms with Crippen LogP contribution in [-0.4, -0.2) is 5.25 Å². The fourth-order valence-corrected chi connectivity index (χ4v) is 3.85. The average molecular weight is 248 g/mol. The average Bonchev–Trinajstić information content (AvgIpc) is 2.38. The SMILES string of the molecule is c1ccc(SC2CCCCCCCCC2)cc1. The highest BCUT2D eigenvalue weighted by Crippen LogP contribution is 2.31. The summed E-state index contributed by atoms with van der Waals surface area (Å²) in [4.78, 5) is 1.45. The summed E-state index contributed by atoms with van der Waals surface area (Å²) < 4.78 is 0. The molecule has 0 bridgehead atoms. The van der Waals surface area contributed by atoms with Crippen LogP contribution < -0.4 is 0 Å². The Morgan fingerprint density at radius 2 is 1.24 bits per heavy atom. The van der Waals surface area contributed by atoms with E-state index in [0.29, 0.717) is 0 Å². The van der Waals surface area contributed by atoms with Crippen molar-refractivity contribution in [2.24, 2.45) is 0 Å². The van der Waals surface area contributed by atoms with Crippen molar-refractivity contribution in [3.05, 3.63) is 30.3 Å². The highest BCUT2D eigenvalue weighted by atomic mass is 32.2.